The van der Waals surface area contributed by atoms with E-state index in [0.717, 1.165) is 17.4 Å². The molecule has 0 radical (unpaired) electrons. The molecule has 0 saturated carbocycles. The number of nitrogens with one attached hydrogen (secondary N) is 1. The van der Waals surface area contributed by atoms with Crippen LogP contribution < -0.4 is 5.32 Å². The van der Waals surface area contributed by atoms with E-state index in [0.29, 0.717) is 11.8 Å². The number of hydrogen-bond acceptors (Lipinski definition) is 2. The standard InChI is InChI=1S/C13H18N2O/c1-9(2)15-8-10(7-14-3)11-5-4-6-12(16)13(11)15/h4-6,8-9,14,16H,7H2,1-3H3. The summed E-state index contributed by atoms with van der Waals surface area (Å²) in [5.74, 6) is 0.355. The van der Waals surface area contributed by atoms with E-state index in [4.69, 9.17) is 0 Å². The lowest BCUT2D eigenvalue weighted by Gasteiger charge is -2.09. The highest BCUT2D eigenvalue weighted by atomic mass is 16.3. The van der Waals surface area contributed by atoms with Crippen LogP contribution in [0.2, 0.25) is 0 Å². The maximum atomic E-state index is 9.94. The molecule has 0 spiro atoms. The number of nitrogens with zero attached hydrogens (tertiary/aromatic N) is 1. The predicted octanol–water partition coefficient (Wildman–Crippen LogP) is 2.65. The molecule has 0 aliphatic heterocycles. The zero-order valence-electron chi connectivity index (χ0n) is 9.99. The highest BCUT2D eigenvalue weighted by Crippen LogP contribution is 2.31. The van der Waals surface area contributed by atoms with Crippen LogP contribution in [0.15, 0.2) is 24.4 Å². The molecule has 2 aromatic rings. The van der Waals surface area contributed by atoms with Crippen LogP contribution in [0.25, 0.3) is 10.9 Å². The third-order valence-electron chi connectivity index (χ3n) is 2.84. The Balaban J connectivity index is 2.71. The Morgan fingerprint density at radius 1 is 1.38 bits per heavy atom. The lowest BCUT2D eigenvalue weighted by molar-refractivity contribution is 0.475. The summed E-state index contributed by atoms with van der Waals surface area (Å²) in [5.41, 5.74) is 2.16. The Bertz CT molecular complexity index is 500. The van der Waals surface area contributed by atoms with E-state index in [-0.39, 0.29) is 0 Å². The fourth-order valence-corrected chi connectivity index (χ4v) is 2.10. The number of para-hydroxylation sites is 1. The van der Waals surface area contributed by atoms with Gasteiger partial charge < -0.3 is 15.0 Å². The second-order valence-electron chi connectivity index (χ2n) is 4.36. The van der Waals surface area contributed by atoms with Gasteiger partial charge in [-0.3, -0.25) is 0 Å². The zero-order valence-corrected chi connectivity index (χ0v) is 9.99. The van der Waals surface area contributed by atoms with Crippen LogP contribution >= 0.6 is 0 Å². The summed E-state index contributed by atoms with van der Waals surface area (Å²) in [6, 6.07) is 6.04. The lowest BCUT2D eigenvalue weighted by Crippen LogP contribution is -2.04. The van der Waals surface area contributed by atoms with Gasteiger partial charge in [-0.1, -0.05) is 12.1 Å². The third kappa shape index (κ3) is 1.67. The normalized spacial score (nSPS) is 11.5. The molecule has 0 amide bonds. The molecule has 3 nitrogen and oxygen atoms in total. The van der Waals surface area contributed by atoms with Crippen LogP contribution in [-0.4, -0.2) is 16.7 Å². The van der Waals surface area contributed by atoms with E-state index in [1.54, 1.807) is 6.07 Å². The maximum Gasteiger partial charge on any atom is 0.139 e. The molecule has 0 aliphatic rings. The number of fused-ring (bicyclic) bond motifs is 1. The Labute approximate surface area is 95.7 Å². The molecular formula is C13H18N2O. The molecule has 16 heavy (non-hydrogen) atoms. The molecule has 0 bridgehead atoms. The molecule has 3 heteroatoms. The molecule has 0 aliphatic carbocycles. The summed E-state index contributed by atoms with van der Waals surface area (Å²) < 4.78 is 2.12. The number of benzene rings is 1. The molecule has 0 fully saturated rings. The van der Waals surface area contributed by atoms with Crippen molar-refractivity contribution in [2.45, 2.75) is 26.4 Å². The van der Waals surface area contributed by atoms with Crippen molar-refractivity contribution < 1.29 is 5.11 Å². The molecule has 0 unspecified atom stereocenters. The SMILES string of the molecule is CNCc1cn(C(C)C)c2c(O)cccc12. The Kier molecular flexibility index (Phi) is 2.88. The third-order valence-corrected chi connectivity index (χ3v) is 2.84. The molecule has 1 aromatic carbocycles. The maximum absolute atomic E-state index is 9.94. The quantitative estimate of drug-likeness (QED) is 0.831. The van der Waals surface area contributed by atoms with Gasteiger partial charge >= 0.3 is 0 Å². The summed E-state index contributed by atoms with van der Waals surface area (Å²) in [4.78, 5) is 0. The van der Waals surface area contributed by atoms with Gasteiger partial charge in [-0.25, -0.2) is 0 Å². The van der Waals surface area contributed by atoms with E-state index >= 15 is 0 Å². The monoisotopic (exact) mass is 218 g/mol. The van der Waals surface area contributed by atoms with Crippen LogP contribution in [0, 0.1) is 0 Å². The summed E-state index contributed by atoms with van der Waals surface area (Å²) in [6.45, 7) is 5.06. The van der Waals surface area contributed by atoms with Crippen molar-refractivity contribution in [2.24, 2.45) is 0 Å². The van der Waals surface area contributed by atoms with Gasteiger partial charge in [-0.15, -0.1) is 0 Å². The number of aromatic hydroxyl groups is 1. The second-order valence-corrected chi connectivity index (χ2v) is 4.36. The Hall–Kier alpha value is -1.48. The van der Waals surface area contributed by atoms with E-state index in [2.05, 4.69) is 36.0 Å². The highest BCUT2D eigenvalue weighted by Gasteiger charge is 2.12. The molecule has 1 aromatic heterocycles. The molecule has 86 valence electrons. The van der Waals surface area contributed by atoms with E-state index in [1.807, 2.05) is 13.1 Å². The predicted molar refractivity (Wildman–Crippen MR) is 66.8 cm³/mol. The number of rotatable bonds is 3. The van der Waals surface area contributed by atoms with Crippen LogP contribution in [0.3, 0.4) is 0 Å². The van der Waals surface area contributed by atoms with Gasteiger partial charge in [0, 0.05) is 24.2 Å². The number of hydrogen-bond donors (Lipinski definition) is 2. The molecule has 1 heterocycles. The van der Waals surface area contributed by atoms with Crippen LogP contribution in [0.1, 0.15) is 25.5 Å². The topological polar surface area (TPSA) is 37.2 Å². The Morgan fingerprint density at radius 3 is 2.75 bits per heavy atom. The molecule has 2 N–H and O–H groups in total. The first-order valence-electron chi connectivity index (χ1n) is 5.61. The largest absolute Gasteiger partial charge is 0.506 e. The number of aromatic nitrogens is 1. The lowest BCUT2D eigenvalue weighted by atomic mass is 10.1. The average Bonchev–Trinajstić information content (AvgIpc) is 2.60. The van der Waals surface area contributed by atoms with Gasteiger partial charge in [0.05, 0.1) is 5.52 Å². The second kappa shape index (κ2) is 4.18. The van der Waals surface area contributed by atoms with Crippen molar-refractivity contribution in [3.8, 4) is 5.75 Å². The van der Waals surface area contributed by atoms with Crippen molar-refractivity contribution in [2.75, 3.05) is 7.05 Å². The first-order valence-corrected chi connectivity index (χ1v) is 5.61. The van der Waals surface area contributed by atoms with Crippen molar-refractivity contribution >= 4 is 10.9 Å². The summed E-state index contributed by atoms with van der Waals surface area (Å²) in [5, 5.41) is 14.2. The van der Waals surface area contributed by atoms with Crippen LogP contribution in [-0.2, 0) is 6.54 Å². The van der Waals surface area contributed by atoms with Crippen molar-refractivity contribution in [3.63, 3.8) is 0 Å². The zero-order chi connectivity index (χ0) is 11.7. The first-order chi connectivity index (χ1) is 7.65. The van der Waals surface area contributed by atoms with Gasteiger partial charge in [0.25, 0.3) is 0 Å². The van der Waals surface area contributed by atoms with E-state index < -0.39 is 0 Å². The van der Waals surface area contributed by atoms with Crippen LogP contribution in [0.5, 0.6) is 5.75 Å². The van der Waals surface area contributed by atoms with Gasteiger partial charge in [-0.05, 0) is 32.5 Å². The molecule has 2 rings (SSSR count). The van der Waals surface area contributed by atoms with E-state index in [9.17, 15) is 5.11 Å². The fraction of sp³-hybridized carbons (Fsp3) is 0.385. The summed E-state index contributed by atoms with van der Waals surface area (Å²) in [6.07, 6.45) is 2.12. The fourth-order valence-electron chi connectivity index (χ4n) is 2.10. The van der Waals surface area contributed by atoms with Gasteiger partial charge in [-0.2, -0.15) is 0 Å². The van der Waals surface area contributed by atoms with Gasteiger partial charge in [0.15, 0.2) is 0 Å². The van der Waals surface area contributed by atoms with Crippen molar-refractivity contribution in [1.82, 2.24) is 9.88 Å². The first kappa shape index (κ1) is 11.0. The minimum absolute atomic E-state index is 0.349. The molecule has 0 atom stereocenters. The van der Waals surface area contributed by atoms with Crippen molar-refractivity contribution in [3.05, 3.63) is 30.0 Å². The number of phenolic OH excluding ortho intramolecular Hbond substituents is 1. The summed E-state index contributed by atoms with van der Waals surface area (Å²) in [7, 11) is 1.93. The highest BCUT2D eigenvalue weighted by molar-refractivity contribution is 5.89. The number of phenols is 1. The van der Waals surface area contributed by atoms with Gasteiger partial charge in [0.2, 0.25) is 0 Å². The van der Waals surface area contributed by atoms with E-state index in [1.165, 1.54) is 5.56 Å². The Morgan fingerprint density at radius 2 is 2.12 bits per heavy atom. The summed E-state index contributed by atoms with van der Waals surface area (Å²) >= 11 is 0. The minimum atomic E-state index is 0.349. The molecular weight excluding hydrogens is 200 g/mol. The van der Waals surface area contributed by atoms with Crippen LogP contribution in [0.4, 0.5) is 0 Å². The smallest absolute Gasteiger partial charge is 0.139 e. The molecule has 0 saturated heterocycles. The van der Waals surface area contributed by atoms with Crippen molar-refractivity contribution in [1.29, 1.82) is 0 Å². The minimum Gasteiger partial charge on any atom is -0.506 e. The average molecular weight is 218 g/mol. The van der Waals surface area contributed by atoms with Gasteiger partial charge in [0.1, 0.15) is 5.75 Å².